The van der Waals surface area contributed by atoms with Gasteiger partial charge in [-0.15, -0.1) is 11.8 Å². The fourth-order valence-electron chi connectivity index (χ4n) is 2.47. The van der Waals surface area contributed by atoms with Crippen LogP contribution in [0, 0.1) is 5.82 Å². The van der Waals surface area contributed by atoms with E-state index in [-0.39, 0.29) is 11.7 Å². The Morgan fingerprint density at radius 2 is 2.04 bits per heavy atom. The number of benzene rings is 2. The number of ether oxygens (including phenoxy) is 1. The van der Waals surface area contributed by atoms with Gasteiger partial charge in [-0.05, 0) is 30.3 Å². The lowest BCUT2D eigenvalue weighted by Crippen LogP contribution is -2.28. The molecule has 0 unspecified atom stereocenters. The minimum atomic E-state index is -0.527. The Hall–Kier alpha value is -1.43. The lowest BCUT2D eigenvalue weighted by atomic mass is 10.1. The second kappa shape index (κ2) is 6.59. The molecular weight excluding hydrogens is 360 g/mol. The predicted molar refractivity (Wildman–Crippen MR) is 92.1 cm³/mol. The number of carbonyl (C=O) groups excluding carboxylic acids is 1. The van der Waals surface area contributed by atoms with Gasteiger partial charge in [-0.1, -0.05) is 29.3 Å². The molecule has 2 aromatic rings. The van der Waals surface area contributed by atoms with Crippen molar-refractivity contribution in [1.29, 1.82) is 0 Å². The third-order valence-electron chi connectivity index (χ3n) is 3.53. The molecule has 23 heavy (non-hydrogen) atoms. The van der Waals surface area contributed by atoms with Gasteiger partial charge in [0.25, 0.3) is 0 Å². The van der Waals surface area contributed by atoms with Gasteiger partial charge in [-0.2, -0.15) is 0 Å². The van der Waals surface area contributed by atoms with Gasteiger partial charge in [-0.25, -0.2) is 4.39 Å². The first-order valence-electron chi connectivity index (χ1n) is 6.74. The standard InChI is InChI=1S/C16H12Cl2FNO2S/c1-22-13-6-5-9(7-11(13)18)20-14(21)8-23-16(20)15-10(17)3-2-4-12(15)19/h2-7,16H,8H2,1H3/t16-/m0/s1. The van der Waals surface area contributed by atoms with Crippen molar-refractivity contribution >= 4 is 46.6 Å². The number of thioether (sulfide) groups is 1. The van der Waals surface area contributed by atoms with Crippen LogP contribution in [0.25, 0.3) is 0 Å². The molecule has 0 aliphatic carbocycles. The van der Waals surface area contributed by atoms with Gasteiger partial charge in [0, 0.05) is 16.3 Å². The van der Waals surface area contributed by atoms with E-state index in [2.05, 4.69) is 0 Å². The number of methoxy groups -OCH3 is 1. The van der Waals surface area contributed by atoms with E-state index in [0.29, 0.717) is 27.0 Å². The molecule has 0 N–H and O–H groups in total. The van der Waals surface area contributed by atoms with Crippen molar-refractivity contribution in [2.75, 3.05) is 17.8 Å². The van der Waals surface area contributed by atoms with Crippen molar-refractivity contribution in [2.45, 2.75) is 5.37 Å². The van der Waals surface area contributed by atoms with E-state index in [4.69, 9.17) is 27.9 Å². The summed E-state index contributed by atoms with van der Waals surface area (Å²) >= 11 is 13.6. The van der Waals surface area contributed by atoms with Crippen molar-refractivity contribution in [3.05, 3.63) is 57.8 Å². The lowest BCUT2D eigenvalue weighted by Gasteiger charge is -2.25. The Morgan fingerprint density at radius 3 is 2.70 bits per heavy atom. The highest BCUT2D eigenvalue weighted by atomic mass is 35.5. The summed E-state index contributed by atoms with van der Waals surface area (Å²) < 4.78 is 19.4. The summed E-state index contributed by atoms with van der Waals surface area (Å²) in [5.41, 5.74) is 0.882. The quantitative estimate of drug-likeness (QED) is 0.766. The van der Waals surface area contributed by atoms with E-state index < -0.39 is 11.2 Å². The van der Waals surface area contributed by atoms with E-state index in [9.17, 15) is 9.18 Å². The van der Waals surface area contributed by atoms with Gasteiger partial charge in [-0.3, -0.25) is 9.69 Å². The monoisotopic (exact) mass is 371 g/mol. The maximum Gasteiger partial charge on any atom is 0.238 e. The summed E-state index contributed by atoms with van der Waals surface area (Å²) in [6, 6.07) is 9.51. The largest absolute Gasteiger partial charge is 0.495 e. The molecule has 1 saturated heterocycles. The van der Waals surface area contributed by atoms with Crippen molar-refractivity contribution in [1.82, 2.24) is 0 Å². The minimum Gasteiger partial charge on any atom is -0.495 e. The fourth-order valence-corrected chi connectivity index (χ4v) is 4.29. The van der Waals surface area contributed by atoms with E-state index in [1.54, 1.807) is 24.3 Å². The molecule has 1 fully saturated rings. The molecular formula is C16H12Cl2FNO2S. The third-order valence-corrected chi connectivity index (χ3v) is 5.33. The van der Waals surface area contributed by atoms with Crippen LogP contribution < -0.4 is 9.64 Å². The summed E-state index contributed by atoms with van der Waals surface area (Å²) in [5, 5.41) is 0.149. The number of carbonyl (C=O) groups is 1. The Labute approximate surface area is 147 Å². The first-order chi connectivity index (χ1) is 11.0. The van der Waals surface area contributed by atoms with Crippen LogP contribution in [-0.2, 0) is 4.79 Å². The van der Waals surface area contributed by atoms with Crippen LogP contribution in [0.1, 0.15) is 10.9 Å². The number of hydrogen-bond donors (Lipinski definition) is 0. The molecule has 7 heteroatoms. The Bertz CT molecular complexity index is 751. The Morgan fingerprint density at radius 1 is 1.26 bits per heavy atom. The van der Waals surface area contributed by atoms with Crippen molar-refractivity contribution in [3.63, 3.8) is 0 Å². The zero-order valence-corrected chi connectivity index (χ0v) is 14.4. The van der Waals surface area contributed by atoms with Gasteiger partial charge in [0.05, 0.1) is 17.9 Å². The van der Waals surface area contributed by atoms with Crippen LogP contribution in [0.15, 0.2) is 36.4 Å². The molecule has 2 aromatic carbocycles. The van der Waals surface area contributed by atoms with E-state index in [1.807, 2.05) is 0 Å². The van der Waals surface area contributed by atoms with Crippen LogP contribution in [0.4, 0.5) is 10.1 Å². The van der Waals surface area contributed by atoms with Gasteiger partial charge in [0.1, 0.15) is 16.9 Å². The first-order valence-corrected chi connectivity index (χ1v) is 8.54. The van der Waals surface area contributed by atoms with Gasteiger partial charge in [0.2, 0.25) is 5.91 Å². The van der Waals surface area contributed by atoms with Gasteiger partial charge >= 0.3 is 0 Å². The molecule has 0 radical (unpaired) electrons. The van der Waals surface area contributed by atoms with Gasteiger partial charge in [0.15, 0.2) is 0 Å². The highest BCUT2D eigenvalue weighted by molar-refractivity contribution is 8.00. The average Bonchev–Trinajstić information content (AvgIpc) is 2.88. The Balaban J connectivity index is 2.06. The topological polar surface area (TPSA) is 29.5 Å². The van der Waals surface area contributed by atoms with Crippen molar-refractivity contribution in [3.8, 4) is 5.75 Å². The van der Waals surface area contributed by atoms with E-state index >= 15 is 0 Å². The average molecular weight is 372 g/mol. The highest BCUT2D eigenvalue weighted by Crippen LogP contribution is 2.45. The first kappa shape index (κ1) is 16.4. The molecule has 1 heterocycles. The normalized spacial score (nSPS) is 17.7. The maximum atomic E-state index is 14.2. The summed E-state index contributed by atoms with van der Waals surface area (Å²) in [4.78, 5) is 13.8. The number of nitrogens with zero attached hydrogens (tertiary/aromatic N) is 1. The SMILES string of the molecule is COc1ccc(N2C(=O)CS[C@H]2c2c(F)cccc2Cl)cc1Cl. The molecule has 0 saturated carbocycles. The van der Waals surface area contributed by atoms with Crippen LogP contribution in [0.3, 0.4) is 0 Å². The predicted octanol–water partition coefficient (Wildman–Crippen LogP) is 4.92. The fraction of sp³-hybridized carbons (Fsp3) is 0.188. The summed E-state index contributed by atoms with van der Waals surface area (Å²) in [7, 11) is 1.51. The zero-order chi connectivity index (χ0) is 16.6. The molecule has 3 rings (SSSR count). The van der Waals surface area contributed by atoms with E-state index in [1.165, 1.54) is 35.9 Å². The molecule has 1 aliphatic rings. The van der Waals surface area contributed by atoms with Crippen LogP contribution in [0.2, 0.25) is 10.0 Å². The van der Waals surface area contributed by atoms with Crippen molar-refractivity contribution in [2.24, 2.45) is 0 Å². The summed E-state index contributed by atoms with van der Waals surface area (Å²) in [6.07, 6.45) is 0. The Kier molecular flexibility index (Phi) is 4.71. The molecule has 0 bridgehead atoms. The number of hydrogen-bond acceptors (Lipinski definition) is 3. The maximum absolute atomic E-state index is 14.2. The summed E-state index contributed by atoms with van der Waals surface area (Å²) in [6.45, 7) is 0. The van der Waals surface area contributed by atoms with Crippen LogP contribution >= 0.6 is 35.0 Å². The lowest BCUT2D eigenvalue weighted by molar-refractivity contribution is -0.115. The minimum absolute atomic E-state index is 0.124. The number of amides is 1. The molecule has 1 atom stereocenters. The van der Waals surface area contributed by atoms with E-state index in [0.717, 1.165) is 0 Å². The van der Waals surface area contributed by atoms with Crippen LogP contribution in [-0.4, -0.2) is 18.8 Å². The third kappa shape index (κ3) is 3.01. The molecule has 0 aromatic heterocycles. The summed E-state index contributed by atoms with van der Waals surface area (Å²) in [5.74, 6) is 0.198. The molecule has 0 spiro atoms. The van der Waals surface area contributed by atoms with Crippen molar-refractivity contribution < 1.29 is 13.9 Å². The molecule has 1 amide bonds. The number of rotatable bonds is 3. The zero-order valence-electron chi connectivity index (χ0n) is 12.1. The highest BCUT2D eigenvalue weighted by Gasteiger charge is 2.37. The second-order valence-electron chi connectivity index (χ2n) is 4.88. The molecule has 1 aliphatic heterocycles. The van der Waals surface area contributed by atoms with Crippen LogP contribution in [0.5, 0.6) is 5.75 Å². The number of halogens is 3. The molecule has 3 nitrogen and oxygen atoms in total. The number of anilines is 1. The smallest absolute Gasteiger partial charge is 0.238 e. The molecule has 120 valence electrons. The van der Waals surface area contributed by atoms with Gasteiger partial charge < -0.3 is 4.74 Å². The second-order valence-corrected chi connectivity index (χ2v) is 6.76.